The van der Waals surface area contributed by atoms with Gasteiger partial charge in [-0.15, -0.1) is 0 Å². The highest BCUT2D eigenvalue weighted by Gasteiger charge is 2.40. The summed E-state index contributed by atoms with van der Waals surface area (Å²) in [5, 5.41) is 3.08. The molecule has 0 aliphatic carbocycles. The minimum atomic E-state index is -0.531. The number of hydrogen-bond donors (Lipinski definition) is 1. The molecule has 29 heavy (non-hydrogen) atoms. The number of aryl methyl sites for hydroxylation is 1. The molecule has 4 rings (SSSR count). The number of benzene rings is 3. The van der Waals surface area contributed by atoms with Gasteiger partial charge in [0.1, 0.15) is 11.5 Å². The van der Waals surface area contributed by atoms with Gasteiger partial charge in [0.05, 0.1) is 11.3 Å². The lowest BCUT2D eigenvalue weighted by atomic mass is 10.0. The van der Waals surface area contributed by atoms with Gasteiger partial charge in [0, 0.05) is 10.2 Å². The minimum Gasteiger partial charge on any atom is -0.350 e. The van der Waals surface area contributed by atoms with E-state index in [0.29, 0.717) is 11.3 Å². The van der Waals surface area contributed by atoms with Crippen LogP contribution in [-0.4, -0.2) is 11.8 Å². The normalized spacial score (nSPS) is 14.0. The number of hydrogen-bond acceptors (Lipinski definition) is 3. The second-order valence-corrected chi connectivity index (χ2v) is 7.59. The van der Waals surface area contributed by atoms with Gasteiger partial charge in [0.15, 0.2) is 0 Å². The molecule has 2 amide bonds. The molecule has 3 aromatic carbocycles. The van der Waals surface area contributed by atoms with E-state index in [2.05, 4.69) is 21.2 Å². The van der Waals surface area contributed by atoms with Crippen molar-refractivity contribution in [3.05, 3.63) is 99.9 Å². The fourth-order valence-corrected chi connectivity index (χ4v) is 3.59. The molecule has 1 aliphatic heterocycles. The summed E-state index contributed by atoms with van der Waals surface area (Å²) in [5.74, 6) is -1.55. The zero-order chi connectivity index (χ0) is 20.5. The summed E-state index contributed by atoms with van der Waals surface area (Å²) in [6.45, 7) is 1.94. The highest BCUT2D eigenvalue weighted by atomic mass is 79.9. The van der Waals surface area contributed by atoms with Crippen molar-refractivity contribution >= 4 is 44.7 Å². The van der Waals surface area contributed by atoms with Crippen molar-refractivity contribution in [1.29, 1.82) is 0 Å². The zero-order valence-corrected chi connectivity index (χ0v) is 17.0. The van der Waals surface area contributed by atoms with Crippen molar-refractivity contribution < 1.29 is 14.0 Å². The van der Waals surface area contributed by atoms with Gasteiger partial charge in [0.2, 0.25) is 0 Å². The van der Waals surface area contributed by atoms with Crippen molar-refractivity contribution in [2.24, 2.45) is 0 Å². The lowest BCUT2D eigenvalue weighted by Gasteiger charge is -2.15. The van der Waals surface area contributed by atoms with Gasteiger partial charge in [-0.3, -0.25) is 9.59 Å². The number of carbonyl (C=O) groups excluding carboxylic acids is 2. The predicted octanol–water partition coefficient (Wildman–Crippen LogP) is 5.29. The van der Waals surface area contributed by atoms with Crippen LogP contribution in [0.25, 0.3) is 5.57 Å². The molecule has 0 unspecified atom stereocenters. The average Bonchev–Trinajstić information content (AvgIpc) is 2.92. The molecule has 144 valence electrons. The number of carbonyl (C=O) groups is 2. The number of anilines is 2. The number of amides is 2. The Morgan fingerprint density at radius 2 is 1.62 bits per heavy atom. The Bertz CT molecular complexity index is 1160. The van der Waals surface area contributed by atoms with Crippen LogP contribution in [0.4, 0.5) is 15.8 Å². The molecule has 0 radical (unpaired) electrons. The van der Waals surface area contributed by atoms with Crippen LogP contribution in [-0.2, 0) is 9.59 Å². The molecule has 6 heteroatoms. The van der Waals surface area contributed by atoms with E-state index in [1.807, 2.05) is 37.3 Å². The second-order valence-electron chi connectivity index (χ2n) is 6.68. The van der Waals surface area contributed by atoms with Crippen molar-refractivity contribution in [1.82, 2.24) is 0 Å². The lowest BCUT2D eigenvalue weighted by molar-refractivity contribution is -0.120. The number of rotatable bonds is 4. The van der Waals surface area contributed by atoms with Crippen LogP contribution in [0.3, 0.4) is 0 Å². The van der Waals surface area contributed by atoms with Crippen LogP contribution < -0.4 is 10.2 Å². The highest BCUT2D eigenvalue weighted by Crippen LogP contribution is 2.34. The second kappa shape index (κ2) is 7.64. The van der Waals surface area contributed by atoms with Crippen molar-refractivity contribution in [2.45, 2.75) is 6.92 Å². The van der Waals surface area contributed by atoms with E-state index < -0.39 is 17.6 Å². The van der Waals surface area contributed by atoms with E-state index >= 15 is 0 Å². The third-order valence-electron chi connectivity index (χ3n) is 4.58. The zero-order valence-electron chi connectivity index (χ0n) is 15.4. The first kappa shape index (κ1) is 19.1. The molecule has 0 saturated heterocycles. The van der Waals surface area contributed by atoms with E-state index in [-0.39, 0.29) is 17.0 Å². The summed E-state index contributed by atoms with van der Waals surface area (Å²) in [4.78, 5) is 27.5. The van der Waals surface area contributed by atoms with Gasteiger partial charge in [-0.1, -0.05) is 57.9 Å². The van der Waals surface area contributed by atoms with Crippen molar-refractivity contribution in [3.8, 4) is 0 Å². The van der Waals surface area contributed by atoms with Gasteiger partial charge in [-0.25, -0.2) is 9.29 Å². The first-order chi connectivity index (χ1) is 13.9. The number of nitrogens with zero attached hydrogens (tertiary/aromatic N) is 1. The van der Waals surface area contributed by atoms with Gasteiger partial charge in [-0.05, 0) is 48.9 Å². The van der Waals surface area contributed by atoms with E-state index in [1.165, 1.54) is 24.3 Å². The Morgan fingerprint density at radius 3 is 2.31 bits per heavy atom. The molecule has 1 N–H and O–H groups in total. The summed E-state index contributed by atoms with van der Waals surface area (Å²) in [5.41, 5.74) is 2.90. The summed E-state index contributed by atoms with van der Waals surface area (Å²) >= 11 is 3.40. The van der Waals surface area contributed by atoms with E-state index in [9.17, 15) is 14.0 Å². The Labute approximate surface area is 175 Å². The first-order valence-corrected chi connectivity index (χ1v) is 9.71. The van der Waals surface area contributed by atoms with E-state index in [0.717, 1.165) is 14.9 Å². The Hall–Kier alpha value is -3.25. The monoisotopic (exact) mass is 450 g/mol. The van der Waals surface area contributed by atoms with Gasteiger partial charge in [-0.2, -0.15) is 0 Å². The Kier molecular flexibility index (Phi) is 5.03. The average molecular weight is 451 g/mol. The van der Waals surface area contributed by atoms with E-state index in [4.69, 9.17) is 0 Å². The molecule has 0 spiro atoms. The molecule has 0 atom stereocenters. The molecular formula is C23H16BrFN2O2. The Morgan fingerprint density at radius 1 is 0.897 bits per heavy atom. The molecule has 4 nitrogen and oxygen atoms in total. The van der Waals surface area contributed by atoms with E-state index in [1.54, 1.807) is 18.2 Å². The molecule has 1 heterocycles. The number of halogens is 2. The standard InChI is InChI=1S/C23H16BrFN2O2/c1-14-8-10-15(11-9-14)20-21(26-18-6-2-4-16(24)12-18)23(29)27(22(20)28)19-7-3-5-17(25)13-19/h2-13,26H,1H3. The van der Waals surface area contributed by atoms with Crippen LogP contribution in [0.1, 0.15) is 11.1 Å². The fourth-order valence-electron chi connectivity index (χ4n) is 3.19. The third kappa shape index (κ3) is 3.71. The first-order valence-electron chi connectivity index (χ1n) is 8.92. The summed E-state index contributed by atoms with van der Waals surface area (Å²) in [6.07, 6.45) is 0. The molecule has 1 aliphatic rings. The molecule has 0 saturated carbocycles. The smallest absolute Gasteiger partial charge is 0.282 e. The Balaban J connectivity index is 1.83. The highest BCUT2D eigenvalue weighted by molar-refractivity contribution is 9.10. The quantitative estimate of drug-likeness (QED) is 0.549. The maximum atomic E-state index is 13.7. The number of nitrogens with one attached hydrogen (secondary N) is 1. The summed E-state index contributed by atoms with van der Waals surface area (Å²) in [6, 6.07) is 20.1. The molecule has 0 bridgehead atoms. The summed E-state index contributed by atoms with van der Waals surface area (Å²) < 4.78 is 14.6. The van der Waals surface area contributed by atoms with Crippen LogP contribution in [0.5, 0.6) is 0 Å². The van der Waals surface area contributed by atoms with Gasteiger partial charge in [0.25, 0.3) is 11.8 Å². The van der Waals surface area contributed by atoms with Crippen molar-refractivity contribution in [2.75, 3.05) is 10.2 Å². The number of imide groups is 1. The third-order valence-corrected chi connectivity index (χ3v) is 5.08. The summed E-state index contributed by atoms with van der Waals surface area (Å²) in [7, 11) is 0. The molecule has 0 aromatic heterocycles. The van der Waals surface area contributed by atoms with Crippen LogP contribution in [0, 0.1) is 12.7 Å². The van der Waals surface area contributed by atoms with Gasteiger partial charge >= 0.3 is 0 Å². The molecule has 0 fully saturated rings. The van der Waals surface area contributed by atoms with Crippen molar-refractivity contribution in [3.63, 3.8) is 0 Å². The topological polar surface area (TPSA) is 49.4 Å². The fraction of sp³-hybridized carbons (Fsp3) is 0.0435. The predicted molar refractivity (Wildman–Crippen MR) is 115 cm³/mol. The van der Waals surface area contributed by atoms with Crippen LogP contribution >= 0.6 is 15.9 Å². The molecule has 3 aromatic rings. The van der Waals surface area contributed by atoms with Crippen LogP contribution in [0.15, 0.2) is 83.0 Å². The van der Waals surface area contributed by atoms with Gasteiger partial charge < -0.3 is 5.32 Å². The maximum absolute atomic E-state index is 13.7. The molecular weight excluding hydrogens is 435 g/mol. The largest absolute Gasteiger partial charge is 0.350 e. The minimum absolute atomic E-state index is 0.154. The van der Waals surface area contributed by atoms with Crippen LogP contribution in [0.2, 0.25) is 0 Å². The SMILES string of the molecule is Cc1ccc(C2=C(Nc3cccc(Br)c3)C(=O)N(c3cccc(F)c3)C2=O)cc1. The lowest BCUT2D eigenvalue weighted by Crippen LogP contribution is -2.32. The maximum Gasteiger partial charge on any atom is 0.282 e.